The van der Waals surface area contributed by atoms with Gasteiger partial charge in [0.15, 0.2) is 0 Å². The molecule has 2 rings (SSSR count). The molecule has 0 radical (unpaired) electrons. The molecule has 0 spiro atoms. The number of amides is 1. The summed E-state index contributed by atoms with van der Waals surface area (Å²) in [5.41, 5.74) is 1.06. The minimum absolute atomic E-state index is 0.0456. The summed E-state index contributed by atoms with van der Waals surface area (Å²) in [4.78, 5) is 14.2. The van der Waals surface area contributed by atoms with Crippen LogP contribution in [0.15, 0.2) is 38.3 Å². The van der Waals surface area contributed by atoms with Crippen molar-refractivity contribution in [3.8, 4) is 0 Å². The molecule has 1 amide bonds. The second-order valence-corrected chi connectivity index (χ2v) is 6.89. The topological polar surface area (TPSA) is 20.3 Å². The summed E-state index contributed by atoms with van der Waals surface area (Å²) >= 11 is 9.05. The van der Waals surface area contributed by atoms with Crippen molar-refractivity contribution in [2.24, 2.45) is 0 Å². The normalized spacial score (nSPS) is 10.5. The summed E-state index contributed by atoms with van der Waals surface area (Å²) in [6, 6.07) is 6.16. The second kappa shape index (κ2) is 6.07. The molecule has 0 saturated heterocycles. The number of carbonyl (C=O) groups is 1. The van der Waals surface area contributed by atoms with Gasteiger partial charge in [0, 0.05) is 18.5 Å². The minimum Gasteiger partial charge on any atom is -0.337 e. The van der Waals surface area contributed by atoms with E-state index in [-0.39, 0.29) is 11.5 Å². The molecule has 1 aromatic heterocycles. The van der Waals surface area contributed by atoms with E-state index in [0.717, 1.165) is 9.35 Å². The first kappa shape index (κ1) is 14.6. The van der Waals surface area contributed by atoms with Gasteiger partial charge in [-0.05, 0) is 51.1 Å². The van der Waals surface area contributed by atoms with E-state index in [4.69, 9.17) is 0 Å². The van der Waals surface area contributed by atoms with E-state index >= 15 is 0 Å². The Labute approximate surface area is 128 Å². The number of nitrogens with zero attached hydrogens (tertiary/aromatic N) is 1. The molecule has 0 fully saturated rings. The molecular weight excluding hydrogens is 349 g/mol. The fourth-order valence-corrected chi connectivity index (χ4v) is 3.06. The van der Waals surface area contributed by atoms with Crippen LogP contribution in [-0.4, -0.2) is 17.9 Å². The van der Waals surface area contributed by atoms with E-state index < -0.39 is 5.82 Å². The van der Waals surface area contributed by atoms with Crippen molar-refractivity contribution in [1.82, 2.24) is 4.90 Å². The van der Waals surface area contributed by atoms with Gasteiger partial charge in [-0.15, -0.1) is 24.0 Å². The van der Waals surface area contributed by atoms with Crippen molar-refractivity contribution in [3.63, 3.8) is 0 Å². The Balaban J connectivity index is 2.16. The molecule has 0 atom stereocenters. The Bertz CT molecular complexity index is 614. The van der Waals surface area contributed by atoms with E-state index in [0.29, 0.717) is 11.4 Å². The van der Waals surface area contributed by atoms with Gasteiger partial charge in [0.05, 0.1) is 9.35 Å². The second-order valence-electron chi connectivity index (χ2n) is 4.08. The molecule has 6 heteroatoms. The fraction of sp³-hybridized carbons (Fsp3) is 0.154. The molecule has 100 valence electrons. The van der Waals surface area contributed by atoms with Gasteiger partial charge in [0.1, 0.15) is 5.82 Å². The van der Waals surface area contributed by atoms with Gasteiger partial charge < -0.3 is 4.90 Å². The van der Waals surface area contributed by atoms with Crippen LogP contribution in [0.5, 0.6) is 0 Å². The quantitative estimate of drug-likeness (QED) is 0.813. The highest BCUT2D eigenvalue weighted by molar-refractivity contribution is 9.11. The third-order valence-corrected chi connectivity index (χ3v) is 4.40. The molecule has 0 N–H and O–H groups in total. The van der Waals surface area contributed by atoms with E-state index in [1.165, 1.54) is 23.1 Å². The molecule has 1 aromatic carbocycles. The fourth-order valence-electron chi connectivity index (χ4n) is 1.66. The predicted molar refractivity (Wildman–Crippen MR) is 81.5 cm³/mol. The van der Waals surface area contributed by atoms with E-state index in [9.17, 15) is 9.18 Å². The van der Waals surface area contributed by atoms with Crippen LogP contribution in [-0.2, 0) is 6.54 Å². The maximum atomic E-state index is 13.6. The predicted octanol–water partition coefficient (Wildman–Crippen LogP) is 4.21. The molecule has 0 aliphatic carbocycles. The molecule has 19 heavy (non-hydrogen) atoms. The zero-order valence-electron chi connectivity index (χ0n) is 10.1. The summed E-state index contributed by atoms with van der Waals surface area (Å²) in [5.74, 6) is -0.878. The minimum atomic E-state index is -0.527. The van der Waals surface area contributed by atoms with E-state index in [1.54, 1.807) is 18.4 Å². The van der Waals surface area contributed by atoms with Crippen molar-refractivity contribution in [2.75, 3.05) is 7.05 Å². The number of carbonyl (C=O) groups excluding carboxylic acids is 1. The van der Waals surface area contributed by atoms with Crippen LogP contribution in [0.1, 0.15) is 15.9 Å². The average molecular weight is 360 g/mol. The lowest BCUT2D eigenvalue weighted by Crippen LogP contribution is -2.26. The number of thiol groups is 1. The largest absolute Gasteiger partial charge is 0.337 e. The Kier molecular flexibility index (Phi) is 4.65. The molecule has 0 bridgehead atoms. The lowest BCUT2D eigenvalue weighted by Gasteiger charge is -2.17. The monoisotopic (exact) mass is 359 g/mol. The van der Waals surface area contributed by atoms with Gasteiger partial charge in [-0.25, -0.2) is 4.39 Å². The summed E-state index contributed by atoms with van der Waals surface area (Å²) in [6.07, 6.45) is 0. The van der Waals surface area contributed by atoms with Crippen molar-refractivity contribution < 1.29 is 9.18 Å². The maximum Gasteiger partial charge on any atom is 0.256 e. The number of hydrogen-bond donors (Lipinski definition) is 1. The van der Waals surface area contributed by atoms with Crippen molar-refractivity contribution in [2.45, 2.75) is 11.4 Å². The highest BCUT2D eigenvalue weighted by atomic mass is 79.9. The molecular formula is C13H11BrFNOS2. The van der Waals surface area contributed by atoms with Crippen LogP contribution in [0, 0.1) is 5.82 Å². The first-order chi connectivity index (χ1) is 8.97. The first-order valence-corrected chi connectivity index (χ1v) is 7.56. The van der Waals surface area contributed by atoms with Gasteiger partial charge in [0.2, 0.25) is 0 Å². The van der Waals surface area contributed by atoms with Gasteiger partial charge >= 0.3 is 0 Å². The van der Waals surface area contributed by atoms with Crippen LogP contribution in [0.25, 0.3) is 0 Å². The van der Waals surface area contributed by atoms with E-state index in [1.807, 2.05) is 11.4 Å². The van der Waals surface area contributed by atoms with Crippen molar-refractivity contribution in [3.05, 3.63) is 50.4 Å². The zero-order valence-corrected chi connectivity index (χ0v) is 13.4. The summed E-state index contributed by atoms with van der Waals surface area (Å²) in [5, 5.41) is 1.96. The number of benzene rings is 1. The Morgan fingerprint density at radius 1 is 1.47 bits per heavy atom. The molecule has 0 unspecified atom stereocenters. The van der Waals surface area contributed by atoms with Gasteiger partial charge in [-0.2, -0.15) is 0 Å². The molecule has 1 heterocycles. The van der Waals surface area contributed by atoms with Gasteiger partial charge in [-0.1, -0.05) is 0 Å². The lowest BCUT2D eigenvalue weighted by atomic mass is 10.2. The average Bonchev–Trinajstić information content (AvgIpc) is 2.77. The number of rotatable bonds is 3. The molecule has 2 nitrogen and oxygen atoms in total. The molecule has 0 aliphatic rings. The van der Waals surface area contributed by atoms with Crippen molar-refractivity contribution in [1.29, 1.82) is 0 Å². The van der Waals surface area contributed by atoms with Crippen LogP contribution < -0.4 is 0 Å². The third-order valence-electron chi connectivity index (χ3n) is 2.57. The summed E-state index contributed by atoms with van der Waals surface area (Å²) in [7, 11) is 1.65. The number of thiophene rings is 1. The molecule has 0 saturated carbocycles. The standard InChI is InChI=1S/C13H11BrFNOS2/c1-16(6-8-4-12(14)19-7-8)13(17)10-5-9(18)2-3-11(10)15/h2-5,7,18H,6H2,1H3. The number of hydrogen-bond acceptors (Lipinski definition) is 3. The van der Waals surface area contributed by atoms with Crippen LogP contribution in [0.3, 0.4) is 0 Å². The number of halogens is 2. The van der Waals surface area contributed by atoms with Gasteiger partial charge in [0.25, 0.3) is 5.91 Å². The zero-order chi connectivity index (χ0) is 14.0. The summed E-state index contributed by atoms with van der Waals surface area (Å²) in [6.45, 7) is 0.442. The highest BCUT2D eigenvalue weighted by Gasteiger charge is 2.17. The molecule has 0 aliphatic heterocycles. The smallest absolute Gasteiger partial charge is 0.256 e. The SMILES string of the molecule is CN(Cc1csc(Br)c1)C(=O)c1cc(S)ccc1F. The first-order valence-electron chi connectivity index (χ1n) is 5.44. The lowest BCUT2D eigenvalue weighted by molar-refractivity contribution is 0.0780. The van der Waals surface area contributed by atoms with E-state index in [2.05, 4.69) is 28.6 Å². The van der Waals surface area contributed by atoms with Gasteiger partial charge in [-0.3, -0.25) is 4.79 Å². The third kappa shape index (κ3) is 3.58. The Hall–Kier alpha value is -0.850. The Morgan fingerprint density at radius 3 is 2.84 bits per heavy atom. The van der Waals surface area contributed by atoms with Crippen LogP contribution in [0.2, 0.25) is 0 Å². The Morgan fingerprint density at radius 2 is 2.21 bits per heavy atom. The van der Waals surface area contributed by atoms with Crippen molar-refractivity contribution >= 4 is 45.8 Å². The molecule has 2 aromatic rings. The maximum absolute atomic E-state index is 13.6. The van der Waals surface area contributed by atoms with Crippen LogP contribution in [0.4, 0.5) is 4.39 Å². The van der Waals surface area contributed by atoms with Crippen LogP contribution >= 0.6 is 39.9 Å². The highest BCUT2D eigenvalue weighted by Crippen LogP contribution is 2.22. The summed E-state index contributed by atoms with van der Waals surface area (Å²) < 4.78 is 14.6.